The molecule has 3 aliphatic rings. The maximum atomic E-state index is 5.95. The average Bonchev–Trinajstić information content (AvgIpc) is 2.91. The van der Waals surface area contributed by atoms with Crippen molar-refractivity contribution in [1.29, 1.82) is 0 Å². The summed E-state index contributed by atoms with van der Waals surface area (Å²) in [6, 6.07) is 0.326. The summed E-state index contributed by atoms with van der Waals surface area (Å²) in [5.74, 6) is 2.62. The third kappa shape index (κ3) is 3.10. The lowest BCUT2D eigenvalue weighted by Crippen LogP contribution is -2.52. The standard InChI is InChI=1S/C17H29N5O2/c1-23-9-7-22-15(19-20-16(22)13-10-14(18)11-13)12-21-5-2-17(3-6-21)4-8-24-17/h13-14H,2-12,18H2,1H3. The van der Waals surface area contributed by atoms with E-state index in [2.05, 4.69) is 19.7 Å². The van der Waals surface area contributed by atoms with E-state index in [1.807, 2.05) is 0 Å². The number of ether oxygens (including phenoxy) is 2. The van der Waals surface area contributed by atoms with Crippen LogP contribution in [0.2, 0.25) is 0 Å². The Morgan fingerprint density at radius 1 is 1.25 bits per heavy atom. The van der Waals surface area contributed by atoms with Crippen molar-refractivity contribution in [3.05, 3.63) is 11.6 Å². The van der Waals surface area contributed by atoms with E-state index in [-0.39, 0.29) is 5.60 Å². The number of aromatic nitrogens is 3. The van der Waals surface area contributed by atoms with Gasteiger partial charge in [0.05, 0.1) is 25.4 Å². The zero-order valence-corrected chi connectivity index (χ0v) is 14.6. The Morgan fingerprint density at radius 3 is 2.58 bits per heavy atom. The Balaban J connectivity index is 1.42. The molecular formula is C17H29N5O2. The number of hydrogen-bond donors (Lipinski definition) is 1. The maximum Gasteiger partial charge on any atom is 0.147 e. The number of piperidine rings is 1. The van der Waals surface area contributed by atoms with Gasteiger partial charge in [0.25, 0.3) is 0 Å². The molecule has 1 aromatic rings. The summed E-state index contributed by atoms with van der Waals surface area (Å²) in [6.45, 7) is 5.49. The van der Waals surface area contributed by atoms with Gasteiger partial charge < -0.3 is 19.8 Å². The molecule has 3 heterocycles. The summed E-state index contributed by atoms with van der Waals surface area (Å²) in [7, 11) is 1.74. The molecule has 134 valence electrons. The van der Waals surface area contributed by atoms with Crippen LogP contribution in [0.5, 0.6) is 0 Å². The molecule has 1 aliphatic carbocycles. The van der Waals surface area contributed by atoms with Crippen LogP contribution in [0.1, 0.15) is 49.7 Å². The summed E-state index contributed by atoms with van der Waals surface area (Å²) in [6.07, 6.45) is 5.56. The fourth-order valence-electron chi connectivity index (χ4n) is 4.17. The van der Waals surface area contributed by atoms with Gasteiger partial charge >= 0.3 is 0 Å². The number of methoxy groups -OCH3 is 1. The smallest absolute Gasteiger partial charge is 0.147 e. The van der Waals surface area contributed by atoms with Crippen LogP contribution >= 0.6 is 0 Å². The molecule has 0 radical (unpaired) electrons. The van der Waals surface area contributed by atoms with Crippen molar-refractivity contribution in [2.45, 2.75) is 62.8 Å². The molecular weight excluding hydrogens is 306 g/mol. The second-order valence-electron chi connectivity index (χ2n) is 7.60. The molecule has 7 nitrogen and oxygen atoms in total. The fraction of sp³-hybridized carbons (Fsp3) is 0.882. The summed E-state index contributed by atoms with van der Waals surface area (Å²) in [4.78, 5) is 2.48. The first kappa shape index (κ1) is 16.4. The molecule has 4 rings (SSSR count). The minimum absolute atomic E-state index is 0.202. The predicted molar refractivity (Wildman–Crippen MR) is 89.7 cm³/mol. The zero-order valence-electron chi connectivity index (χ0n) is 14.6. The second kappa shape index (κ2) is 6.71. The summed E-state index contributed by atoms with van der Waals surface area (Å²) in [5, 5.41) is 9.00. The Hall–Kier alpha value is -1.02. The van der Waals surface area contributed by atoms with Crippen molar-refractivity contribution in [2.24, 2.45) is 5.73 Å². The van der Waals surface area contributed by atoms with Crippen molar-refractivity contribution in [2.75, 3.05) is 33.4 Å². The summed E-state index contributed by atoms with van der Waals surface area (Å²) >= 11 is 0. The molecule has 0 amide bonds. The van der Waals surface area contributed by atoms with Gasteiger partial charge in [-0.15, -0.1) is 10.2 Å². The van der Waals surface area contributed by atoms with Crippen molar-refractivity contribution in [3.8, 4) is 0 Å². The SMILES string of the molecule is COCCn1c(CN2CCC3(CCO3)CC2)nnc1C1CC(N)C1. The Bertz CT molecular complexity index is 555. The van der Waals surface area contributed by atoms with E-state index in [1.165, 1.54) is 6.42 Å². The number of likely N-dealkylation sites (tertiary alicyclic amines) is 1. The number of nitrogens with two attached hydrogens (primary N) is 1. The molecule has 1 saturated carbocycles. The van der Waals surface area contributed by atoms with Crippen molar-refractivity contribution in [3.63, 3.8) is 0 Å². The number of rotatable bonds is 6. The summed E-state index contributed by atoms with van der Waals surface area (Å²) < 4.78 is 13.4. The van der Waals surface area contributed by atoms with E-state index in [1.54, 1.807) is 7.11 Å². The van der Waals surface area contributed by atoms with Gasteiger partial charge in [-0.2, -0.15) is 0 Å². The highest BCUT2D eigenvalue weighted by molar-refractivity contribution is 5.09. The molecule has 0 aromatic carbocycles. The average molecular weight is 335 g/mol. The van der Waals surface area contributed by atoms with Crippen molar-refractivity contribution >= 4 is 0 Å². The molecule has 2 aliphatic heterocycles. The second-order valence-corrected chi connectivity index (χ2v) is 7.60. The highest BCUT2D eigenvalue weighted by atomic mass is 16.5. The molecule has 0 atom stereocenters. The van der Waals surface area contributed by atoms with Gasteiger partial charge in [-0.3, -0.25) is 4.90 Å². The van der Waals surface area contributed by atoms with Crippen molar-refractivity contribution in [1.82, 2.24) is 19.7 Å². The molecule has 2 saturated heterocycles. The molecule has 0 bridgehead atoms. The Labute approximate surface area is 143 Å². The van der Waals surface area contributed by atoms with Gasteiger partial charge in [-0.05, 0) is 32.1 Å². The lowest BCUT2D eigenvalue weighted by Gasteiger charge is -2.47. The normalized spacial score (nSPS) is 29.4. The first-order valence-corrected chi connectivity index (χ1v) is 9.22. The maximum absolute atomic E-state index is 5.95. The predicted octanol–water partition coefficient (Wildman–Crippen LogP) is 0.884. The molecule has 1 spiro atoms. The van der Waals surface area contributed by atoms with E-state index in [9.17, 15) is 0 Å². The van der Waals surface area contributed by atoms with Crippen LogP contribution in [0.4, 0.5) is 0 Å². The third-order valence-corrected chi connectivity index (χ3v) is 6.01. The zero-order chi connectivity index (χ0) is 16.6. The van der Waals surface area contributed by atoms with E-state index < -0.39 is 0 Å². The Kier molecular flexibility index (Phi) is 4.60. The molecule has 0 unspecified atom stereocenters. The van der Waals surface area contributed by atoms with E-state index >= 15 is 0 Å². The van der Waals surface area contributed by atoms with E-state index in [0.29, 0.717) is 18.6 Å². The molecule has 24 heavy (non-hydrogen) atoms. The van der Waals surface area contributed by atoms with E-state index in [4.69, 9.17) is 15.2 Å². The minimum Gasteiger partial charge on any atom is -0.383 e. The lowest BCUT2D eigenvalue weighted by molar-refractivity contribution is -0.173. The third-order valence-electron chi connectivity index (χ3n) is 6.01. The topological polar surface area (TPSA) is 78.4 Å². The first-order chi connectivity index (χ1) is 11.7. The highest BCUT2D eigenvalue weighted by Gasteiger charge is 2.41. The fourth-order valence-corrected chi connectivity index (χ4v) is 4.17. The monoisotopic (exact) mass is 335 g/mol. The Morgan fingerprint density at radius 2 is 2.00 bits per heavy atom. The summed E-state index contributed by atoms with van der Waals surface area (Å²) in [5.41, 5.74) is 6.16. The quantitative estimate of drug-likeness (QED) is 0.832. The van der Waals surface area contributed by atoms with Crippen LogP contribution in [0.25, 0.3) is 0 Å². The highest BCUT2D eigenvalue weighted by Crippen LogP contribution is 2.37. The van der Waals surface area contributed by atoms with Crippen LogP contribution in [-0.4, -0.2) is 64.7 Å². The van der Waals surface area contributed by atoms with E-state index in [0.717, 1.165) is 70.1 Å². The van der Waals surface area contributed by atoms with Crippen LogP contribution in [-0.2, 0) is 22.6 Å². The minimum atomic E-state index is 0.202. The van der Waals surface area contributed by atoms with Crippen LogP contribution in [0.15, 0.2) is 0 Å². The van der Waals surface area contributed by atoms with Crippen LogP contribution < -0.4 is 5.73 Å². The van der Waals surface area contributed by atoms with Crippen molar-refractivity contribution < 1.29 is 9.47 Å². The molecule has 7 heteroatoms. The molecule has 2 N–H and O–H groups in total. The largest absolute Gasteiger partial charge is 0.383 e. The van der Waals surface area contributed by atoms with Gasteiger partial charge in [-0.1, -0.05) is 0 Å². The van der Waals surface area contributed by atoms with Gasteiger partial charge in [0.15, 0.2) is 0 Å². The number of nitrogens with zero attached hydrogens (tertiary/aromatic N) is 4. The van der Waals surface area contributed by atoms with Gasteiger partial charge in [0.1, 0.15) is 11.6 Å². The van der Waals surface area contributed by atoms with Crippen LogP contribution in [0, 0.1) is 0 Å². The molecule has 3 fully saturated rings. The molecule has 1 aromatic heterocycles. The van der Waals surface area contributed by atoms with Gasteiger partial charge in [0, 0.05) is 38.7 Å². The van der Waals surface area contributed by atoms with Crippen LogP contribution in [0.3, 0.4) is 0 Å². The van der Waals surface area contributed by atoms with Gasteiger partial charge in [0.2, 0.25) is 0 Å². The first-order valence-electron chi connectivity index (χ1n) is 9.22. The number of hydrogen-bond acceptors (Lipinski definition) is 6. The van der Waals surface area contributed by atoms with Gasteiger partial charge in [-0.25, -0.2) is 0 Å². The lowest BCUT2D eigenvalue weighted by atomic mass is 9.80.